The predicted octanol–water partition coefficient (Wildman–Crippen LogP) is 3.48. The van der Waals surface area contributed by atoms with Gasteiger partial charge in [0.2, 0.25) is 5.76 Å². The molecule has 1 aliphatic rings. The highest BCUT2D eigenvalue weighted by atomic mass is 16.5. The molecule has 0 saturated carbocycles. The molecule has 1 fully saturated rings. The highest BCUT2D eigenvalue weighted by Gasteiger charge is 2.21. The number of aliphatic hydroxyl groups is 1. The van der Waals surface area contributed by atoms with Crippen LogP contribution in [-0.2, 0) is 4.74 Å². The van der Waals surface area contributed by atoms with Crippen LogP contribution >= 0.6 is 0 Å². The molecule has 2 aromatic carbocycles. The van der Waals surface area contributed by atoms with Crippen molar-refractivity contribution in [2.45, 2.75) is 20.0 Å². The fourth-order valence-corrected chi connectivity index (χ4v) is 4.05. The minimum absolute atomic E-state index is 0.170. The number of aryl methyl sites for hydroxylation is 1. The number of para-hydroxylation sites is 1. The number of β-amino-alcohol motifs (C(OH)–C–C–N with tert-alkyl or cyclic N) is 1. The number of piperazine rings is 1. The zero-order valence-corrected chi connectivity index (χ0v) is 18.6. The molecular formula is C25H30N2O5. The third kappa shape index (κ3) is 5.23. The van der Waals surface area contributed by atoms with E-state index in [-0.39, 0.29) is 12.4 Å². The predicted molar refractivity (Wildman–Crippen MR) is 124 cm³/mol. The number of fused-ring (bicyclic) bond motifs is 1. The Labute approximate surface area is 188 Å². The first kappa shape index (κ1) is 22.2. The molecular weight excluding hydrogens is 408 g/mol. The van der Waals surface area contributed by atoms with E-state index < -0.39 is 12.1 Å². The van der Waals surface area contributed by atoms with Crippen LogP contribution in [0.4, 0.5) is 5.69 Å². The molecule has 1 aromatic heterocycles. The molecule has 4 rings (SSSR count). The number of hydrogen-bond acceptors (Lipinski definition) is 7. The van der Waals surface area contributed by atoms with Gasteiger partial charge in [-0.3, -0.25) is 4.90 Å². The number of benzene rings is 2. The van der Waals surface area contributed by atoms with Crippen molar-refractivity contribution < 1.29 is 23.8 Å². The van der Waals surface area contributed by atoms with Crippen LogP contribution in [0.25, 0.3) is 11.0 Å². The van der Waals surface area contributed by atoms with Crippen molar-refractivity contribution in [3.8, 4) is 5.75 Å². The summed E-state index contributed by atoms with van der Waals surface area (Å²) in [6.07, 6.45) is -0.588. The Balaban J connectivity index is 1.26. The molecule has 1 atom stereocenters. The van der Waals surface area contributed by atoms with Crippen LogP contribution in [-0.4, -0.2) is 68.0 Å². The second-order valence-electron chi connectivity index (χ2n) is 8.07. The first-order valence-corrected chi connectivity index (χ1v) is 11.1. The van der Waals surface area contributed by atoms with E-state index in [4.69, 9.17) is 13.9 Å². The SMILES string of the molecule is CCOC(=O)c1cc2cc(OCC(O)CN3CCN(c4ccccc4C)CC3)ccc2o1. The van der Waals surface area contributed by atoms with Crippen LogP contribution < -0.4 is 9.64 Å². The van der Waals surface area contributed by atoms with Crippen molar-refractivity contribution in [2.24, 2.45) is 0 Å². The van der Waals surface area contributed by atoms with Crippen LogP contribution in [0.3, 0.4) is 0 Å². The van der Waals surface area contributed by atoms with Crippen LogP contribution in [0.5, 0.6) is 5.75 Å². The van der Waals surface area contributed by atoms with E-state index in [0.717, 1.165) is 31.6 Å². The highest BCUT2D eigenvalue weighted by molar-refractivity contribution is 5.92. The smallest absolute Gasteiger partial charge is 0.374 e. The molecule has 7 heteroatoms. The maximum absolute atomic E-state index is 11.8. The number of carbonyl (C=O) groups excluding carboxylic acids is 1. The van der Waals surface area contributed by atoms with E-state index >= 15 is 0 Å². The zero-order valence-electron chi connectivity index (χ0n) is 18.6. The Morgan fingerprint density at radius 2 is 1.91 bits per heavy atom. The molecule has 32 heavy (non-hydrogen) atoms. The lowest BCUT2D eigenvalue weighted by atomic mass is 10.1. The van der Waals surface area contributed by atoms with E-state index in [1.165, 1.54) is 11.3 Å². The molecule has 2 heterocycles. The van der Waals surface area contributed by atoms with E-state index in [1.807, 2.05) is 0 Å². The lowest BCUT2D eigenvalue weighted by Crippen LogP contribution is -2.49. The maximum atomic E-state index is 11.8. The molecule has 0 radical (unpaired) electrons. The van der Waals surface area contributed by atoms with Crippen LogP contribution in [0.2, 0.25) is 0 Å². The van der Waals surface area contributed by atoms with Gasteiger partial charge in [0.05, 0.1) is 6.61 Å². The third-order valence-electron chi connectivity index (χ3n) is 5.70. The summed E-state index contributed by atoms with van der Waals surface area (Å²) in [7, 11) is 0. The summed E-state index contributed by atoms with van der Waals surface area (Å²) in [4.78, 5) is 16.5. The number of esters is 1. The average molecular weight is 439 g/mol. The Morgan fingerprint density at radius 3 is 2.66 bits per heavy atom. The quantitative estimate of drug-likeness (QED) is 0.540. The highest BCUT2D eigenvalue weighted by Crippen LogP contribution is 2.25. The molecule has 0 amide bonds. The summed E-state index contributed by atoms with van der Waals surface area (Å²) < 4.78 is 16.3. The normalized spacial score (nSPS) is 15.7. The Bertz CT molecular complexity index is 1060. The average Bonchev–Trinajstić information content (AvgIpc) is 3.23. The van der Waals surface area contributed by atoms with Gasteiger partial charge in [0, 0.05) is 43.8 Å². The number of anilines is 1. The van der Waals surface area contributed by atoms with Gasteiger partial charge in [-0.1, -0.05) is 18.2 Å². The fourth-order valence-electron chi connectivity index (χ4n) is 4.05. The van der Waals surface area contributed by atoms with Gasteiger partial charge < -0.3 is 23.9 Å². The number of ether oxygens (including phenoxy) is 2. The van der Waals surface area contributed by atoms with Crippen molar-refractivity contribution in [2.75, 3.05) is 50.8 Å². The standard InChI is InChI=1S/C25H30N2O5/c1-3-30-25(29)24-15-19-14-21(8-9-23(19)32-24)31-17-20(28)16-26-10-12-27(13-11-26)22-7-5-4-6-18(22)2/h4-9,14-15,20,28H,3,10-13,16-17H2,1-2H3. The number of aliphatic hydroxyl groups excluding tert-OH is 1. The number of rotatable bonds is 8. The minimum atomic E-state index is -0.588. The van der Waals surface area contributed by atoms with Crippen molar-refractivity contribution in [1.29, 1.82) is 0 Å². The molecule has 0 spiro atoms. The van der Waals surface area contributed by atoms with Crippen molar-refractivity contribution in [1.82, 2.24) is 4.90 Å². The van der Waals surface area contributed by atoms with E-state index in [9.17, 15) is 9.90 Å². The minimum Gasteiger partial charge on any atom is -0.491 e. The second-order valence-corrected chi connectivity index (χ2v) is 8.07. The summed E-state index contributed by atoms with van der Waals surface area (Å²) in [6, 6.07) is 15.4. The topological polar surface area (TPSA) is 75.4 Å². The lowest BCUT2D eigenvalue weighted by Gasteiger charge is -2.37. The van der Waals surface area contributed by atoms with Gasteiger partial charge in [-0.05, 0) is 49.7 Å². The molecule has 1 N–H and O–H groups in total. The van der Waals surface area contributed by atoms with Crippen molar-refractivity contribution in [3.63, 3.8) is 0 Å². The summed E-state index contributed by atoms with van der Waals surface area (Å²) in [5.74, 6) is 0.310. The van der Waals surface area contributed by atoms with Gasteiger partial charge in [0.25, 0.3) is 0 Å². The zero-order chi connectivity index (χ0) is 22.5. The van der Waals surface area contributed by atoms with Gasteiger partial charge in [-0.25, -0.2) is 4.79 Å². The van der Waals surface area contributed by atoms with Gasteiger partial charge in [-0.15, -0.1) is 0 Å². The van der Waals surface area contributed by atoms with Crippen LogP contribution in [0.15, 0.2) is 52.9 Å². The molecule has 1 aliphatic heterocycles. The summed E-state index contributed by atoms with van der Waals surface area (Å²) in [6.45, 7) is 8.66. The van der Waals surface area contributed by atoms with Crippen LogP contribution in [0, 0.1) is 6.92 Å². The van der Waals surface area contributed by atoms with Gasteiger partial charge in [-0.2, -0.15) is 0 Å². The monoisotopic (exact) mass is 438 g/mol. The van der Waals surface area contributed by atoms with Crippen LogP contribution in [0.1, 0.15) is 23.0 Å². The Kier molecular flexibility index (Phi) is 6.97. The third-order valence-corrected chi connectivity index (χ3v) is 5.70. The molecule has 3 aromatic rings. The number of nitrogens with zero attached hydrogens (tertiary/aromatic N) is 2. The van der Waals surface area contributed by atoms with E-state index in [1.54, 1.807) is 31.2 Å². The summed E-state index contributed by atoms with van der Waals surface area (Å²) in [5.41, 5.74) is 3.17. The largest absolute Gasteiger partial charge is 0.491 e. The first-order chi connectivity index (χ1) is 15.5. The van der Waals surface area contributed by atoms with E-state index in [0.29, 0.717) is 24.5 Å². The molecule has 7 nitrogen and oxygen atoms in total. The number of furan rings is 1. The fraction of sp³-hybridized carbons (Fsp3) is 0.400. The van der Waals surface area contributed by atoms with Gasteiger partial charge in [0.15, 0.2) is 0 Å². The Hall–Kier alpha value is -3.03. The van der Waals surface area contributed by atoms with E-state index in [2.05, 4.69) is 41.0 Å². The van der Waals surface area contributed by atoms with Gasteiger partial charge in [0.1, 0.15) is 24.0 Å². The lowest BCUT2D eigenvalue weighted by molar-refractivity contribution is 0.0492. The maximum Gasteiger partial charge on any atom is 0.374 e. The van der Waals surface area contributed by atoms with Crippen molar-refractivity contribution >= 4 is 22.6 Å². The number of carbonyl (C=O) groups is 1. The molecule has 1 unspecified atom stereocenters. The summed E-state index contributed by atoms with van der Waals surface area (Å²) >= 11 is 0. The molecule has 1 saturated heterocycles. The molecule has 0 bridgehead atoms. The van der Waals surface area contributed by atoms with Crippen molar-refractivity contribution in [3.05, 3.63) is 59.9 Å². The molecule has 170 valence electrons. The Morgan fingerprint density at radius 1 is 1.12 bits per heavy atom. The van der Waals surface area contributed by atoms with Gasteiger partial charge >= 0.3 is 5.97 Å². The summed E-state index contributed by atoms with van der Waals surface area (Å²) in [5, 5.41) is 11.2. The molecule has 0 aliphatic carbocycles. The second kappa shape index (κ2) is 10.1. The number of hydrogen-bond donors (Lipinski definition) is 1. The first-order valence-electron chi connectivity index (χ1n) is 11.1.